The predicted octanol–water partition coefficient (Wildman–Crippen LogP) is 0.772. The molecule has 2 atom stereocenters. The van der Waals surface area contributed by atoms with Crippen LogP contribution in [0.1, 0.15) is 20.3 Å². The van der Waals surface area contributed by atoms with Gasteiger partial charge in [0.15, 0.2) is 0 Å². The zero-order chi connectivity index (χ0) is 9.84. The van der Waals surface area contributed by atoms with Crippen LogP contribution in [0.4, 0.5) is 0 Å². The highest BCUT2D eigenvalue weighted by Crippen LogP contribution is 2.12. The first-order valence-corrected chi connectivity index (χ1v) is 5.14. The second-order valence-corrected chi connectivity index (χ2v) is 4.21. The quantitative estimate of drug-likeness (QED) is 0.686. The summed E-state index contributed by atoms with van der Waals surface area (Å²) in [5.74, 6) is 0. The number of nitrogens with zero attached hydrogens (tertiary/aromatic N) is 1. The summed E-state index contributed by atoms with van der Waals surface area (Å²) < 4.78 is 5.36. The molecule has 1 heterocycles. The van der Waals surface area contributed by atoms with Gasteiger partial charge in [0.25, 0.3) is 0 Å². The van der Waals surface area contributed by atoms with Crippen LogP contribution in [-0.4, -0.2) is 41.7 Å². The highest BCUT2D eigenvalue weighted by Gasteiger charge is 2.23. The Balaban J connectivity index is 2.43. The van der Waals surface area contributed by atoms with E-state index in [1.165, 1.54) is 0 Å². The third-order valence-corrected chi connectivity index (χ3v) is 2.65. The smallest absolute Gasteiger partial charge is 0.0742 e. The van der Waals surface area contributed by atoms with Crippen molar-refractivity contribution in [3.63, 3.8) is 0 Å². The van der Waals surface area contributed by atoms with E-state index in [1.807, 2.05) is 0 Å². The van der Waals surface area contributed by atoms with Gasteiger partial charge in [-0.1, -0.05) is 12.2 Å². The van der Waals surface area contributed by atoms with Crippen molar-refractivity contribution in [2.24, 2.45) is 5.73 Å². The zero-order valence-corrected chi connectivity index (χ0v) is 9.14. The number of hydrogen-bond donors (Lipinski definition) is 1. The average Bonchev–Trinajstić information content (AvgIpc) is 2.03. The normalized spacial score (nSPS) is 27.1. The molecule has 0 aromatic carbocycles. The third kappa shape index (κ3) is 3.21. The van der Waals surface area contributed by atoms with Gasteiger partial charge in [0, 0.05) is 25.0 Å². The topological polar surface area (TPSA) is 38.5 Å². The summed E-state index contributed by atoms with van der Waals surface area (Å²) in [6.07, 6.45) is 0.805. The number of rotatable bonds is 3. The van der Waals surface area contributed by atoms with Crippen LogP contribution in [0.15, 0.2) is 0 Å². The van der Waals surface area contributed by atoms with Crippen LogP contribution >= 0.6 is 12.2 Å². The van der Waals surface area contributed by atoms with Gasteiger partial charge in [-0.15, -0.1) is 0 Å². The van der Waals surface area contributed by atoms with Crippen molar-refractivity contribution in [2.45, 2.75) is 32.4 Å². The fourth-order valence-corrected chi connectivity index (χ4v) is 2.04. The van der Waals surface area contributed by atoms with Gasteiger partial charge >= 0.3 is 0 Å². The van der Waals surface area contributed by atoms with E-state index in [0.717, 1.165) is 26.2 Å². The number of thiocarbonyl (C=S) groups is 1. The van der Waals surface area contributed by atoms with Gasteiger partial charge in [0.05, 0.1) is 18.2 Å². The minimum absolute atomic E-state index is 0.441. The molecule has 0 radical (unpaired) electrons. The maximum atomic E-state index is 5.52. The first-order valence-electron chi connectivity index (χ1n) is 4.73. The second kappa shape index (κ2) is 4.88. The molecule has 4 heteroatoms. The van der Waals surface area contributed by atoms with Crippen molar-refractivity contribution >= 4 is 17.2 Å². The van der Waals surface area contributed by atoms with Gasteiger partial charge in [0.2, 0.25) is 0 Å². The van der Waals surface area contributed by atoms with Gasteiger partial charge < -0.3 is 10.5 Å². The molecule has 1 saturated heterocycles. The summed E-state index contributed by atoms with van der Waals surface area (Å²) in [5, 5.41) is 0. The molecule has 0 bridgehead atoms. The van der Waals surface area contributed by atoms with Crippen molar-refractivity contribution in [2.75, 3.05) is 19.8 Å². The molecular weight excluding hydrogens is 184 g/mol. The molecule has 2 N–H and O–H groups in total. The van der Waals surface area contributed by atoms with Crippen molar-refractivity contribution in [3.8, 4) is 0 Å². The lowest BCUT2D eigenvalue weighted by molar-refractivity contribution is -0.0170. The number of ether oxygens (including phenoxy) is 1. The van der Waals surface area contributed by atoms with E-state index < -0.39 is 0 Å². The first-order chi connectivity index (χ1) is 6.11. The summed E-state index contributed by atoms with van der Waals surface area (Å²) in [4.78, 5) is 3.01. The first kappa shape index (κ1) is 10.9. The minimum atomic E-state index is 0.441. The molecule has 1 fully saturated rings. The zero-order valence-electron chi connectivity index (χ0n) is 8.32. The van der Waals surface area contributed by atoms with Gasteiger partial charge in [-0.25, -0.2) is 0 Å². The summed E-state index contributed by atoms with van der Waals surface area (Å²) in [7, 11) is 0. The van der Waals surface area contributed by atoms with E-state index in [2.05, 4.69) is 18.7 Å². The van der Waals surface area contributed by atoms with Crippen LogP contribution in [0.3, 0.4) is 0 Å². The highest BCUT2D eigenvalue weighted by molar-refractivity contribution is 7.80. The molecule has 0 aromatic heterocycles. The third-order valence-electron chi connectivity index (χ3n) is 2.48. The maximum Gasteiger partial charge on any atom is 0.0742 e. The Morgan fingerprint density at radius 2 is 2.46 bits per heavy atom. The van der Waals surface area contributed by atoms with E-state index in [1.54, 1.807) is 0 Å². The Morgan fingerprint density at radius 1 is 1.77 bits per heavy atom. The lowest BCUT2D eigenvalue weighted by atomic mass is 10.1. The predicted molar refractivity (Wildman–Crippen MR) is 57.9 cm³/mol. The minimum Gasteiger partial charge on any atom is -0.393 e. The monoisotopic (exact) mass is 202 g/mol. The van der Waals surface area contributed by atoms with Crippen LogP contribution in [-0.2, 0) is 4.74 Å². The summed E-state index contributed by atoms with van der Waals surface area (Å²) in [6.45, 7) is 6.98. The molecule has 13 heavy (non-hydrogen) atoms. The SMILES string of the molecule is CC1COCCN1C(C)CC(N)=S. The molecule has 0 saturated carbocycles. The molecule has 1 rings (SSSR count). The summed E-state index contributed by atoms with van der Waals surface area (Å²) >= 11 is 4.90. The average molecular weight is 202 g/mol. The van der Waals surface area contributed by atoms with Crippen LogP contribution in [0.25, 0.3) is 0 Å². The number of hydrogen-bond acceptors (Lipinski definition) is 3. The van der Waals surface area contributed by atoms with E-state index in [0.29, 0.717) is 17.1 Å². The van der Waals surface area contributed by atoms with Crippen molar-refractivity contribution in [1.82, 2.24) is 4.90 Å². The summed E-state index contributed by atoms with van der Waals surface area (Å²) in [6, 6.07) is 0.925. The van der Waals surface area contributed by atoms with Crippen molar-refractivity contribution in [1.29, 1.82) is 0 Å². The van der Waals surface area contributed by atoms with Crippen LogP contribution in [0, 0.1) is 0 Å². The Labute approximate surface area is 85.2 Å². The lowest BCUT2D eigenvalue weighted by Crippen LogP contribution is -2.49. The van der Waals surface area contributed by atoms with Gasteiger partial charge in [0.1, 0.15) is 0 Å². The molecule has 1 aliphatic heterocycles. The van der Waals surface area contributed by atoms with E-state index >= 15 is 0 Å². The lowest BCUT2D eigenvalue weighted by Gasteiger charge is -2.37. The highest BCUT2D eigenvalue weighted by atomic mass is 32.1. The molecule has 76 valence electrons. The fourth-order valence-electron chi connectivity index (χ4n) is 1.80. The summed E-state index contributed by atoms with van der Waals surface area (Å²) in [5.41, 5.74) is 5.52. The molecule has 0 aliphatic carbocycles. The van der Waals surface area contributed by atoms with E-state index in [9.17, 15) is 0 Å². The number of morpholine rings is 1. The van der Waals surface area contributed by atoms with E-state index in [4.69, 9.17) is 22.7 Å². The molecule has 3 nitrogen and oxygen atoms in total. The van der Waals surface area contributed by atoms with Gasteiger partial charge in [-0.3, -0.25) is 4.90 Å². The van der Waals surface area contributed by atoms with Crippen LogP contribution < -0.4 is 5.73 Å². The molecular formula is C9H18N2OS. The molecule has 0 amide bonds. The van der Waals surface area contributed by atoms with Crippen molar-refractivity contribution < 1.29 is 4.74 Å². The molecule has 2 unspecified atom stereocenters. The molecule has 0 aromatic rings. The van der Waals surface area contributed by atoms with Crippen LogP contribution in [0.5, 0.6) is 0 Å². The second-order valence-electron chi connectivity index (χ2n) is 3.68. The standard InChI is InChI=1S/C9H18N2OS/c1-7(5-9(10)13)11-3-4-12-6-8(11)2/h7-8H,3-6H2,1-2H3,(H2,10,13). The largest absolute Gasteiger partial charge is 0.393 e. The Bertz CT molecular complexity index is 186. The Morgan fingerprint density at radius 3 is 3.00 bits per heavy atom. The van der Waals surface area contributed by atoms with Crippen LogP contribution in [0.2, 0.25) is 0 Å². The Kier molecular flexibility index (Phi) is 4.09. The van der Waals surface area contributed by atoms with Gasteiger partial charge in [-0.2, -0.15) is 0 Å². The van der Waals surface area contributed by atoms with Crippen molar-refractivity contribution in [3.05, 3.63) is 0 Å². The maximum absolute atomic E-state index is 5.52. The molecule has 0 spiro atoms. The molecule has 1 aliphatic rings. The van der Waals surface area contributed by atoms with Gasteiger partial charge in [-0.05, 0) is 13.8 Å². The van der Waals surface area contributed by atoms with E-state index in [-0.39, 0.29) is 0 Å². The fraction of sp³-hybridized carbons (Fsp3) is 0.889. The number of nitrogens with two attached hydrogens (primary N) is 1. The Hall–Kier alpha value is -0.190.